The van der Waals surface area contributed by atoms with Gasteiger partial charge in [-0.25, -0.2) is 9.59 Å². The maximum atomic E-state index is 11.7. The quantitative estimate of drug-likeness (QED) is 0.787. The number of benzene rings is 1. The number of aryl methyl sites for hydroxylation is 2. The zero-order valence-electron chi connectivity index (χ0n) is 13.9. The number of urea groups is 1. The van der Waals surface area contributed by atoms with Gasteiger partial charge in [0.05, 0.1) is 0 Å². The lowest BCUT2D eigenvalue weighted by Gasteiger charge is -2.10. The molecule has 0 fully saturated rings. The molecule has 1 aromatic heterocycles. The van der Waals surface area contributed by atoms with E-state index in [0.29, 0.717) is 10.8 Å². The molecule has 1 aromatic carbocycles. The van der Waals surface area contributed by atoms with Gasteiger partial charge in [0.2, 0.25) is 0 Å². The zero-order chi connectivity index (χ0) is 17.9. The van der Waals surface area contributed by atoms with Crippen LogP contribution < -0.4 is 5.32 Å². The van der Waals surface area contributed by atoms with Crippen LogP contribution in [0.3, 0.4) is 0 Å². The minimum Gasteiger partial charge on any atom is -0.477 e. The Bertz CT molecular complexity index is 772. The molecule has 0 aliphatic carbocycles. The Morgan fingerprint density at radius 3 is 2.58 bits per heavy atom. The molecule has 24 heavy (non-hydrogen) atoms. The lowest BCUT2D eigenvalue weighted by Crippen LogP contribution is -2.27. The van der Waals surface area contributed by atoms with E-state index in [1.165, 1.54) is 27.8 Å². The second kappa shape index (κ2) is 7.67. The molecule has 2 rings (SSSR count). The van der Waals surface area contributed by atoms with Gasteiger partial charge in [-0.2, -0.15) is 4.37 Å². The second-order valence-electron chi connectivity index (χ2n) is 5.53. The van der Waals surface area contributed by atoms with Gasteiger partial charge in [0.25, 0.3) is 0 Å². The number of thioether (sulfide) groups is 1. The standard InChI is InChI=1S/C16H19N3O3S2/c1-9-5-6-11(7-10(9)2)8-23-14-12(15(20)21)13(24-18-14)17-16(22)19(3)4/h5-7H,8H2,1-4H3,(H,17,22)(H,20,21). The maximum Gasteiger partial charge on any atom is 0.341 e. The fourth-order valence-electron chi connectivity index (χ4n) is 1.90. The van der Waals surface area contributed by atoms with Crippen LogP contribution in [0.1, 0.15) is 27.0 Å². The molecule has 0 bridgehead atoms. The number of carbonyl (C=O) groups is 2. The number of carboxylic acids is 1. The first-order valence-electron chi connectivity index (χ1n) is 7.19. The first-order chi connectivity index (χ1) is 11.3. The topological polar surface area (TPSA) is 82.5 Å². The predicted octanol–water partition coefficient (Wildman–Crippen LogP) is 3.84. The van der Waals surface area contributed by atoms with Crippen molar-refractivity contribution in [1.29, 1.82) is 0 Å². The van der Waals surface area contributed by atoms with Crippen LogP contribution in [0.25, 0.3) is 0 Å². The molecular formula is C16H19N3O3S2. The van der Waals surface area contributed by atoms with Gasteiger partial charge in [-0.1, -0.05) is 30.0 Å². The molecule has 0 atom stereocenters. The Hall–Kier alpha value is -2.06. The van der Waals surface area contributed by atoms with Gasteiger partial charge in [0.1, 0.15) is 15.6 Å². The Kier molecular flexibility index (Phi) is 5.84. The average molecular weight is 365 g/mol. The van der Waals surface area contributed by atoms with E-state index in [4.69, 9.17) is 0 Å². The first kappa shape index (κ1) is 18.3. The van der Waals surface area contributed by atoms with Crippen LogP contribution in [0, 0.1) is 13.8 Å². The lowest BCUT2D eigenvalue weighted by molar-refractivity contribution is 0.0694. The molecule has 2 aromatic rings. The number of nitrogens with one attached hydrogen (secondary N) is 1. The molecule has 0 unspecified atom stereocenters. The van der Waals surface area contributed by atoms with Crippen LogP contribution in [-0.2, 0) is 5.75 Å². The molecule has 2 amide bonds. The van der Waals surface area contributed by atoms with Crippen molar-refractivity contribution >= 4 is 40.3 Å². The highest BCUT2D eigenvalue weighted by Crippen LogP contribution is 2.34. The number of carbonyl (C=O) groups excluding carboxylic acids is 1. The SMILES string of the molecule is Cc1ccc(CSc2nsc(NC(=O)N(C)C)c2C(=O)O)cc1C. The number of nitrogens with zero attached hydrogens (tertiary/aromatic N) is 2. The van der Waals surface area contributed by atoms with E-state index >= 15 is 0 Å². The Balaban J connectivity index is 2.18. The number of aromatic carboxylic acids is 1. The van der Waals surface area contributed by atoms with Crippen molar-refractivity contribution < 1.29 is 14.7 Å². The molecule has 0 saturated carbocycles. The van der Waals surface area contributed by atoms with E-state index in [-0.39, 0.29) is 16.6 Å². The first-order valence-corrected chi connectivity index (χ1v) is 8.95. The van der Waals surface area contributed by atoms with E-state index in [0.717, 1.165) is 17.1 Å². The summed E-state index contributed by atoms with van der Waals surface area (Å²) in [5.41, 5.74) is 3.57. The van der Waals surface area contributed by atoms with Gasteiger partial charge in [-0.15, -0.1) is 0 Å². The van der Waals surface area contributed by atoms with E-state index in [1.807, 2.05) is 19.1 Å². The highest BCUT2D eigenvalue weighted by atomic mass is 32.2. The third kappa shape index (κ3) is 4.27. The van der Waals surface area contributed by atoms with E-state index in [9.17, 15) is 14.7 Å². The minimum atomic E-state index is -1.10. The van der Waals surface area contributed by atoms with Crippen LogP contribution >= 0.6 is 23.3 Å². The third-order valence-electron chi connectivity index (χ3n) is 3.45. The summed E-state index contributed by atoms with van der Waals surface area (Å²) in [4.78, 5) is 24.6. The largest absolute Gasteiger partial charge is 0.477 e. The lowest BCUT2D eigenvalue weighted by atomic mass is 10.1. The average Bonchev–Trinajstić information content (AvgIpc) is 2.91. The molecule has 0 saturated heterocycles. The molecule has 2 N–H and O–H groups in total. The number of amides is 2. The summed E-state index contributed by atoms with van der Waals surface area (Å²) in [5.74, 6) is -0.480. The Morgan fingerprint density at radius 2 is 2.00 bits per heavy atom. The normalized spacial score (nSPS) is 10.5. The second-order valence-corrected chi connectivity index (χ2v) is 7.27. The summed E-state index contributed by atoms with van der Waals surface area (Å²) in [6, 6.07) is 5.78. The van der Waals surface area contributed by atoms with Gasteiger partial charge in [-0.3, -0.25) is 5.32 Å². The number of hydrogen-bond donors (Lipinski definition) is 2. The number of anilines is 1. The fourth-order valence-corrected chi connectivity index (χ4v) is 3.78. The highest BCUT2D eigenvalue weighted by molar-refractivity contribution is 7.98. The van der Waals surface area contributed by atoms with Gasteiger partial charge in [-0.05, 0) is 42.1 Å². The third-order valence-corrected chi connectivity index (χ3v) is 5.37. The predicted molar refractivity (Wildman–Crippen MR) is 97.3 cm³/mol. The summed E-state index contributed by atoms with van der Waals surface area (Å²) in [6.45, 7) is 4.10. The summed E-state index contributed by atoms with van der Waals surface area (Å²) in [6.07, 6.45) is 0. The van der Waals surface area contributed by atoms with Crippen molar-refractivity contribution in [3.8, 4) is 0 Å². The van der Waals surface area contributed by atoms with Crippen LogP contribution in [0.4, 0.5) is 9.80 Å². The van der Waals surface area contributed by atoms with Crippen LogP contribution in [0.15, 0.2) is 23.2 Å². The van der Waals surface area contributed by atoms with E-state index in [2.05, 4.69) is 22.7 Å². The van der Waals surface area contributed by atoms with Gasteiger partial charge in [0, 0.05) is 19.8 Å². The number of hydrogen-bond acceptors (Lipinski definition) is 5. The van der Waals surface area contributed by atoms with Crippen molar-refractivity contribution in [2.45, 2.75) is 24.6 Å². The summed E-state index contributed by atoms with van der Waals surface area (Å²) in [7, 11) is 3.18. The van der Waals surface area contributed by atoms with E-state index in [1.54, 1.807) is 14.1 Å². The molecule has 0 aliphatic rings. The van der Waals surface area contributed by atoms with Crippen molar-refractivity contribution in [1.82, 2.24) is 9.27 Å². The molecule has 0 radical (unpaired) electrons. The van der Waals surface area contributed by atoms with Crippen molar-refractivity contribution in [3.05, 3.63) is 40.5 Å². The maximum absolute atomic E-state index is 11.7. The molecule has 0 aliphatic heterocycles. The molecule has 1 heterocycles. The molecule has 8 heteroatoms. The Morgan fingerprint density at radius 1 is 1.29 bits per heavy atom. The van der Waals surface area contributed by atoms with Crippen LogP contribution in [-0.4, -0.2) is 40.5 Å². The van der Waals surface area contributed by atoms with Gasteiger partial charge < -0.3 is 10.0 Å². The minimum absolute atomic E-state index is 0.0454. The number of rotatable bonds is 5. The monoisotopic (exact) mass is 365 g/mol. The number of aromatic nitrogens is 1. The fraction of sp³-hybridized carbons (Fsp3) is 0.312. The Labute approximate surface area is 149 Å². The molecule has 6 nitrogen and oxygen atoms in total. The van der Waals surface area contributed by atoms with Gasteiger partial charge in [0.15, 0.2) is 0 Å². The summed E-state index contributed by atoms with van der Waals surface area (Å²) < 4.78 is 4.20. The molecular weight excluding hydrogens is 346 g/mol. The highest BCUT2D eigenvalue weighted by Gasteiger charge is 2.22. The smallest absolute Gasteiger partial charge is 0.341 e. The van der Waals surface area contributed by atoms with Gasteiger partial charge >= 0.3 is 12.0 Å². The summed E-state index contributed by atoms with van der Waals surface area (Å²) in [5, 5.41) is 12.7. The molecule has 128 valence electrons. The number of carboxylic acid groups (broad SMARTS) is 1. The van der Waals surface area contributed by atoms with Crippen LogP contribution in [0.5, 0.6) is 0 Å². The zero-order valence-corrected chi connectivity index (χ0v) is 15.5. The van der Waals surface area contributed by atoms with Crippen molar-refractivity contribution in [2.75, 3.05) is 19.4 Å². The van der Waals surface area contributed by atoms with E-state index < -0.39 is 5.97 Å². The van der Waals surface area contributed by atoms with Crippen LogP contribution in [0.2, 0.25) is 0 Å². The molecule has 0 spiro atoms. The van der Waals surface area contributed by atoms with Crippen molar-refractivity contribution in [2.24, 2.45) is 0 Å². The summed E-state index contributed by atoms with van der Waals surface area (Å²) >= 11 is 2.33. The van der Waals surface area contributed by atoms with Crippen molar-refractivity contribution in [3.63, 3.8) is 0 Å².